The maximum absolute atomic E-state index is 13.2. The van der Waals surface area contributed by atoms with E-state index in [0.29, 0.717) is 11.8 Å². The summed E-state index contributed by atoms with van der Waals surface area (Å²) in [7, 11) is 0. The van der Waals surface area contributed by atoms with E-state index in [2.05, 4.69) is 10.3 Å². The van der Waals surface area contributed by atoms with Gasteiger partial charge in [-0.3, -0.25) is 14.9 Å². The number of hydrogen-bond acceptors (Lipinski definition) is 4. The molecule has 0 saturated carbocycles. The third kappa shape index (κ3) is 4.47. The molecular weight excluding hydrogens is 363 g/mol. The first-order valence-electron chi connectivity index (χ1n) is 8.32. The number of aryl methyl sites for hydroxylation is 1. The van der Waals surface area contributed by atoms with Crippen LogP contribution in [-0.2, 0) is 11.0 Å². The topological polar surface area (TPSA) is 73.2 Å². The summed E-state index contributed by atoms with van der Waals surface area (Å²) in [5.74, 6) is -1.42. The Morgan fingerprint density at radius 2 is 1.96 bits per heavy atom. The van der Waals surface area contributed by atoms with Crippen molar-refractivity contribution in [2.45, 2.75) is 46.3 Å². The summed E-state index contributed by atoms with van der Waals surface area (Å²) in [5.41, 5.74) is -0.383. The number of carbonyl (C=O) groups excluding carboxylic acids is 2. The minimum atomic E-state index is -4.61. The van der Waals surface area contributed by atoms with Gasteiger partial charge in [-0.25, -0.2) is 4.98 Å². The van der Waals surface area contributed by atoms with Gasteiger partial charge < -0.3 is 9.30 Å². The van der Waals surface area contributed by atoms with E-state index in [0.717, 1.165) is 4.57 Å². The largest absolute Gasteiger partial charge is 0.433 e. The zero-order valence-corrected chi connectivity index (χ0v) is 15.3. The number of nitrogens with zero attached hydrogens (tertiary/aromatic N) is 2. The van der Waals surface area contributed by atoms with Crippen molar-refractivity contribution in [1.82, 2.24) is 9.55 Å². The molecule has 9 heteroatoms. The van der Waals surface area contributed by atoms with Crippen LogP contribution in [-0.4, -0.2) is 21.4 Å². The van der Waals surface area contributed by atoms with E-state index >= 15 is 0 Å². The minimum Gasteiger partial charge on any atom is -0.425 e. The highest BCUT2D eigenvalue weighted by Crippen LogP contribution is 2.33. The van der Waals surface area contributed by atoms with Crippen molar-refractivity contribution in [2.24, 2.45) is 0 Å². The monoisotopic (exact) mass is 383 g/mol. The third-order valence-electron chi connectivity index (χ3n) is 3.79. The highest BCUT2D eigenvalue weighted by Gasteiger charge is 2.37. The first-order valence-corrected chi connectivity index (χ1v) is 8.32. The molecule has 1 N–H and O–H groups in total. The second kappa shape index (κ2) is 7.81. The number of carbonyl (C=O) groups is 2. The summed E-state index contributed by atoms with van der Waals surface area (Å²) in [5, 5.41) is 2.38. The number of imidazole rings is 1. The normalized spacial score (nSPS) is 11.6. The van der Waals surface area contributed by atoms with Crippen LogP contribution >= 0.6 is 0 Å². The summed E-state index contributed by atoms with van der Waals surface area (Å²) in [6, 6.07) is 4.08. The van der Waals surface area contributed by atoms with Crippen molar-refractivity contribution >= 4 is 17.8 Å². The SMILES string of the molecule is CCC(=O)Oc1c(C)cccc1C(=O)Nc1ncc(C(F)(F)F)n1C(C)C. The van der Waals surface area contributed by atoms with E-state index in [1.807, 2.05) is 0 Å². The zero-order valence-electron chi connectivity index (χ0n) is 15.3. The maximum atomic E-state index is 13.2. The van der Waals surface area contributed by atoms with Crippen LogP contribution in [0.3, 0.4) is 0 Å². The van der Waals surface area contributed by atoms with Crippen LogP contribution in [0.25, 0.3) is 0 Å². The van der Waals surface area contributed by atoms with Gasteiger partial charge in [-0.15, -0.1) is 0 Å². The van der Waals surface area contributed by atoms with Gasteiger partial charge in [0.2, 0.25) is 5.95 Å². The van der Waals surface area contributed by atoms with Crippen molar-refractivity contribution in [1.29, 1.82) is 0 Å². The lowest BCUT2D eigenvalue weighted by Crippen LogP contribution is -2.21. The molecule has 1 heterocycles. The van der Waals surface area contributed by atoms with Gasteiger partial charge in [0, 0.05) is 12.5 Å². The summed E-state index contributed by atoms with van der Waals surface area (Å²) in [6.07, 6.45) is -3.82. The van der Waals surface area contributed by atoms with Gasteiger partial charge in [0.05, 0.1) is 11.8 Å². The third-order valence-corrected chi connectivity index (χ3v) is 3.79. The standard InChI is InChI=1S/C18H20F3N3O3/c1-5-14(25)27-15-11(4)7-6-8-12(15)16(26)23-17-22-9-13(18(19,20)21)24(17)10(2)3/h6-10H,5H2,1-4H3,(H,22,23,26). The second-order valence-electron chi connectivity index (χ2n) is 6.16. The number of esters is 1. The Morgan fingerprint density at radius 3 is 2.52 bits per heavy atom. The molecule has 0 aliphatic heterocycles. The molecule has 0 atom stereocenters. The van der Waals surface area contributed by atoms with Crippen molar-refractivity contribution in [3.63, 3.8) is 0 Å². The highest BCUT2D eigenvalue weighted by atomic mass is 19.4. The fourth-order valence-corrected chi connectivity index (χ4v) is 2.51. The molecule has 0 fully saturated rings. The molecular formula is C18H20F3N3O3. The van der Waals surface area contributed by atoms with Gasteiger partial charge >= 0.3 is 12.1 Å². The van der Waals surface area contributed by atoms with Gasteiger partial charge in [0.15, 0.2) is 0 Å². The van der Waals surface area contributed by atoms with Crippen LogP contribution in [0.15, 0.2) is 24.4 Å². The molecule has 0 aliphatic rings. The van der Waals surface area contributed by atoms with Gasteiger partial charge in [-0.1, -0.05) is 19.1 Å². The number of rotatable bonds is 5. The minimum absolute atomic E-state index is 0.0312. The number of alkyl halides is 3. The zero-order chi connectivity index (χ0) is 20.4. The molecule has 146 valence electrons. The van der Waals surface area contributed by atoms with Crippen LogP contribution < -0.4 is 10.1 Å². The summed E-state index contributed by atoms with van der Waals surface area (Å²) in [6.45, 7) is 6.37. The quantitative estimate of drug-likeness (QED) is 0.615. The number of anilines is 1. The Labute approximate surface area is 154 Å². The molecule has 0 spiro atoms. The van der Waals surface area contributed by atoms with Crippen molar-refractivity contribution < 1.29 is 27.5 Å². The number of amides is 1. The average molecular weight is 383 g/mol. The van der Waals surface area contributed by atoms with E-state index in [9.17, 15) is 22.8 Å². The van der Waals surface area contributed by atoms with E-state index in [1.54, 1.807) is 39.8 Å². The Hall–Kier alpha value is -2.84. The molecule has 0 aliphatic carbocycles. The van der Waals surface area contributed by atoms with Gasteiger partial charge in [0.25, 0.3) is 5.91 Å². The molecule has 0 radical (unpaired) electrons. The van der Waals surface area contributed by atoms with E-state index in [-0.39, 0.29) is 23.7 Å². The number of aromatic nitrogens is 2. The van der Waals surface area contributed by atoms with Crippen molar-refractivity contribution in [3.8, 4) is 5.75 Å². The maximum Gasteiger partial charge on any atom is 0.433 e. The highest BCUT2D eigenvalue weighted by molar-refractivity contribution is 6.06. The Balaban J connectivity index is 2.41. The number of benzene rings is 1. The molecule has 27 heavy (non-hydrogen) atoms. The summed E-state index contributed by atoms with van der Waals surface area (Å²) >= 11 is 0. The summed E-state index contributed by atoms with van der Waals surface area (Å²) < 4.78 is 45.6. The lowest BCUT2D eigenvalue weighted by Gasteiger charge is -2.18. The molecule has 0 unspecified atom stereocenters. The molecule has 6 nitrogen and oxygen atoms in total. The Morgan fingerprint density at radius 1 is 1.30 bits per heavy atom. The fourth-order valence-electron chi connectivity index (χ4n) is 2.51. The lowest BCUT2D eigenvalue weighted by molar-refractivity contribution is -0.144. The van der Waals surface area contributed by atoms with E-state index < -0.39 is 29.8 Å². The van der Waals surface area contributed by atoms with E-state index in [1.165, 1.54) is 6.07 Å². The molecule has 2 rings (SSSR count). The fraction of sp³-hybridized carbons (Fsp3) is 0.389. The molecule has 1 aromatic carbocycles. The first kappa shape index (κ1) is 20.5. The van der Waals surface area contributed by atoms with Crippen molar-refractivity contribution in [3.05, 3.63) is 41.2 Å². The lowest BCUT2D eigenvalue weighted by atomic mass is 10.1. The van der Waals surface area contributed by atoms with Crippen molar-refractivity contribution in [2.75, 3.05) is 5.32 Å². The van der Waals surface area contributed by atoms with Gasteiger partial charge in [0.1, 0.15) is 11.4 Å². The second-order valence-corrected chi connectivity index (χ2v) is 6.16. The van der Waals surface area contributed by atoms with Gasteiger partial charge in [-0.2, -0.15) is 13.2 Å². The molecule has 2 aromatic rings. The Bertz CT molecular complexity index is 857. The van der Waals surface area contributed by atoms with E-state index in [4.69, 9.17) is 4.74 Å². The summed E-state index contributed by atoms with van der Waals surface area (Å²) in [4.78, 5) is 28.0. The van der Waals surface area contributed by atoms with Crippen LogP contribution in [0.4, 0.5) is 19.1 Å². The van der Waals surface area contributed by atoms with Crippen LogP contribution in [0.5, 0.6) is 5.75 Å². The molecule has 1 aromatic heterocycles. The number of halogens is 3. The smallest absolute Gasteiger partial charge is 0.425 e. The van der Waals surface area contributed by atoms with Crippen LogP contribution in [0, 0.1) is 6.92 Å². The molecule has 1 amide bonds. The predicted octanol–water partition coefficient (Wildman–Crippen LogP) is 4.36. The number of para-hydroxylation sites is 1. The predicted molar refractivity (Wildman–Crippen MR) is 92.7 cm³/mol. The van der Waals surface area contributed by atoms with Crippen LogP contribution in [0.2, 0.25) is 0 Å². The van der Waals surface area contributed by atoms with Crippen LogP contribution in [0.1, 0.15) is 54.8 Å². The number of nitrogens with one attached hydrogen (secondary N) is 1. The average Bonchev–Trinajstić information content (AvgIpc) is 3.00. The number of hydrogen-bond donors (Lipinski definition) is 1. The molecule has 0 bridgehead atoms. The first-order chi connectivity index (χ1) is 12.6. The Kier molecular flexibility index (Phi) is 5.92. The molecule has 0 saturated heterocycles. The van der Waals surface area contributed by atoms with Gasteiger partial charge in [-0.05, 0) is 32.4 Å². The number of ether oxygens (including phenoxy) is 1.